The van der Waals surface area contributed by atoms with Crippen molar-refractivity contribution in [2.24, 2.45) is 0 Å². The SMILES string of the molecule is CC1CC(Cc2cccc3c2CCCN3)c2ccccc2N1. The van der Waals surface area contributed by atoms with Gasteiger partial charge in [0.1, 0.15) is 0 Å². The van der Waals surface area contributed by atoms with Crippen molar-refractivity contribution in [1.29, 1.82) is 0 Å². The quantitative estimate of drug-likeness (QED) is 0.847. The molecule has 2 aliphatic heterocycles. The standard InChI is InChI=1S/C20H24N2/c1-14-12-16(18-7-2-3-9-20(18)22-14)13-15-6-4-10-19-17(15)8-5-11-21-19/h2-4,6-7,9-10,14,16,21-22H,5,8,11-13H2,1H3. The maximum absolute atomic E-state index is 3.63. The van der Waals surface area contributed by atoms with Crippen LogP contribution in [0.4, 0.5) is 11.4 Å². The monoisotopic (exact) mass is 292 g/mol. The van der Waals surface area contributed by atoms with Gasteiger partial charge in [-0.2, -0.15) is 0 Å². The second-order valence-electron chi connectivity index (χ2n) is 6.74. The van der Waals surface area contributed by atoms with Crippen LogP contribution in [0.1, 0.15) is 42.4 Å². The van der Waals surface area contributed by atoms with Gasteiger partial charge in [0.2, 0.25) is 0 Å². The summed E-state index contributed by atoms with van der Waals surface area (Å²) in [5, 5.41) is 7.18. The van der Waals surface area contributed by atoms with Crippen molar-refractivity contribution < 1.29 is 0 Å². The number of fused-ring (bicyclic) bond motifs is 2. The lowest BCUT2D eigenvalue weighted by molar-refractivity contribution is 0.549. The first-order valence-corrected chi connectivity index (χ1v) is 8.51. The zero-order chi connectivity index (χ0) is 14.9. The molecule has 2 heteroatoms. The van der Waals surface area contributed by atoms with Crippen molar-refractivity contribution >= 4 is 11.4 Å². The van der Waals surface area contributed by atoms with E-state index in [0.29, 0.717) is 12.0 Å². The van der Waals surface area contributed by atoms with Crippen LogP contribution in [0.3, 0.4) is 0 Å². The van der Waals surface area contributed by atoms with Gasteiger partial charge in [-0.3, -0.25) is 0 Å². The molecule has 4 rings (SSSR count). The van der Waals surface area contributed by atoms with Crippen LogP contribution in [0.2, 0.25) is 0 Å². The summed E-state index contributed by atoms with van der Waals surface area (Å²) in [4.78, 5) is 0. The number of benzene rings is 2. The Morgan fingerprint density at radius 2 is 1.91 bits per heavy atom. The highest BCUT2D eigenvalue weighted by Gasteiger charge is 2.25. The van der Waals surface area contributed by atoms with Gasteiger partial charge < -0.3 is 10.6 Å². The summed E-state index contributed by atoms with van der Waals surface area (Å²) in [7, 11) is 0. The molecule has 0 aliphatic carbocycles. The van der Waals surface area contributed by atoms with Gasteiger partial charge in [-0.1, -0.05) is 30.3 Å². The van der Waals surface area contributed by atoms with E-state index in [0.717, 1.165) is 13.0 Å². The number of hydrogen-bond acceptors (Lipinski definition) is 2. The Bertz CT molecular complexity index is 677. The summed E-state index contributed by atoms with van der Waals surface area (Å²) < 4.78 is 0. The Kier molecular flexibility index (Phi) is 3.53. The van der Waals surface area contributed by atoms with Gasteiger partial charge in [-0.25, -0.2) is 0 Å². The molecule has 0 saturated heterocycles. The lowest BCUT2D eigenvalue weighted by atomic mass is 9.81. The molecule has 0 radical (unpaired) electrons. The lowest BCUT2D eigenvalue weighted by Crippen LogP contribution is -2.26. The molecule has 2 aromatic rings. The van der Waals surface area contributed by atoms with E-state index in [1.54, 1.807) is 11.1 Å². The molecule has 2 aliphatic rings. The predicted octanol–water partition coefficient (Wildman–Crippen LogP) is 4.58. The molecule has 0 aromatic heterocycles. The Hall–Kier alpha value is -1.96. The van der Waals surface area contributed by atoms with Crippen LogP contribution in [0.25, 0.3) is 0 Å². The number of nitrogens with one attached hydrogen (secondary N) is 2. The van der Waals surface area contributed by atoms with Crippen LogP contribution in [0.5, 0.6) is 0 Å². The normalized spacial score (nSPS) is 23.0. The second-order valence-corrected chi connectivity index (χ2v) is 6.74. The fraction of sp³-hybridized carbons (Fsp3) is 0.400. The molecule has 2 atom stereocenters. The van der Waals surface area contributed by atoms with Crippen LogP contribution < -0.4 is 10.6 Å². The third-order valence-electron chi connectivity index (χ3n) is 5.10. The highest BCUT2D eigenvalue weighted by Crippen LogP contribution is 2.38. The Balaban J connectivity index is 1.67. The van der Waals surface area contributed by atoms with Crippen molar-refractivity contribution in [3.05, 3.63) is 59.2 Å². The van der Waals surface area contributed by atoms with Gasteiger partial charge in [0.05, 0.1) is 0 Å². The average Bonchev–Trinajstić information content (AvgIpc) is 2.55. The lowest BCUT2D eigenvalue weighted by Gasteiger charge is -2.32. The van der Waals surface area contributed by atoms with E-state index in [1.165, 1.54) is 36.2 Å². The molecule has 0 saturated carbocycles. The van der Waals surface area contributed by atoms with E-state index in [1.807, 2.05) is 0 Å². The molecular formula is C20H24N2. The van der Waals surface area contributed by atoms with E-state index in [9.17, 15) is 0 Å². The first kappa shape index (κ1) is 13.7. The minimum Gasteiger partial charge on any atom is -0.385 e. The Morgan fingerprint density at radius 3 is 2.86 bits per heavy atom. The Labute approximate surface area is 132 Å². The van der Waals surface area contributed by atoms with Crippen molar-refractivity contribution in [2.45, 2.75) is 44.6 Å². The van der Waals surface area contributed by atoms with Crippen LogP contribution in [-0.4, -0.2) is 12.6 Å². The largest absolute Gasteiger partial charge is 0.385 e. The third-order valence-corrected chi connectivity index (χ3v) is 5.10. The minimum absolute atomic E-state index is 0.553. The molecule has 114 valence electrons. The van der Waals surface area contributed by atoms with Crippen LogP contribution in [0.15, 0.2) is 42.5 Å². The molecule has 0 amide bonds. The van der Waals surface area contributed by atoms with Crippen molar-refractivity contribution in [2.75, 3.05) is 17.2 Å². The maximum atomic E-state index is 3.63. The van der Waals surface area contributed by atoms with E-state index in [2.05, 4.69) is 60.0 Å². The first-order chi connectivity index (χ1) is 10.8. The summed E-state index contributed by atoms with van der Waals surface area (Å²) in [5.41, 5.74) is 7.27. The molecule has 2 N–H and O–H groups in total. The molecule has 2 aromatic carbocycles. The van der Waals surface area contributed by atoms with Gasteiger partial charge in [0, 0.05) is 24.0 Å². The zero-order valence-corrected chi connectivity index (χ0v) is 13.2. The molecule has 22 heavy (non-hydrogen) atoms. The third kappa shape index (κ3) is 2.47. The summed E-state index contributed by atoms with van der Waals surface area (Å²) in [6.45, 7) is 3.41. The van der Waals surface area contributed by atoms with Crippen molar-refractivity contribution in [3.8, 4) is 0 Å². The maximum Gasteiger partial charge on any atom is 0.0377 e. The minimum atomic E-state index is 0.553. The fourth-order valence-corrected chi connectivity index (χ4v) is 4.10. The Morgan fingerprint density at radius 1 is 1.05 bits per heavy atom. The highest BCUT2D eigenvalue weighted by molar-refractivity contribution is 5.59. The molecule has 0 spiro atoms. The smallest absolute Gasteiger partial charge is 0.0377 e. The van der Waals surface area contributed by atoms with Crippen LogP contribution >= 0.6 is 0 Å². The molecular weight excluding hydrogens is 268 g/mol. The number of para-hydroxylation sites is 1. The average molecular weight is 292 g/mol. The number of rotatable bonds is 2. The summed E-state index contributed by atoms with van der Waals surface area (Å²) in [6, 6.07) is 16.2. The molecule has 2 nitrogen and oxygen atoms in total. The first-order valence-electron chi connectivity index (χ1n) is 8.51. The highest BCUT2D eigenvalue weighted by atomic mass is 14.9. The number of anilines is 2. The second kappa shape index (κ2) is 5.68. The number of hydrogen-bond donors (Lipinski definition) is 2. The predicted molar refractivity (Wildman–Crippen MR) is 93.8 cm³/mol. The molecule has 2 heterocycles. The van der Waals surface area contributed by atoms with E-state index in [4.69, 9.17) is 0 Å². The summed E-state index contributed by atoms with van der Waals surface area (Å²) >= 11 is 0. The fourth-order valence-electron chi connectivity index (χ4n) is 4.10. The zero-order valence-electron chi connectivity index (χ0n) is 13.2. The van der Waals surface area contributed by atoms with Gasteiger partial charge in [0.15, 0.2) is 0 Å². The molecule has 2 unspecified atom stereocenters. The summed E-state index contributed by atoms with van der Waals surface area (Å²) in [6.07, 6.45) is 4.85. The van der Waals surface area contributed by atoms with Crippen LogP contribution in [0, 0.1) is 0 Å². The molecule has 0 bridgehead atoms. The summed E-state index contributed by atoms with van der Waals surface area (Å²) in [5.74, 6) is 0.626. The van der Waals surface area contributed by atoms with Gasteiger partial charge in [-0.05, 0) is 67.3 Å². The van der Waals surface area contributed by atoms with E-state index in [-0.39, 0.29) is 0 Å². The van der Waals surface area contributed by atoms with E-state index >= 15 is 0 Å². The molecule has 0 fully saturated rings. The van der Waals surface area contributed by atoms with Crippen molar-refractivity contribution in [1.82, 2.24) is 0 Å². The van der Waals surface area contributed by atoms with E-state index < -0.39 is 0 Å². The van der Waals surface area contributed by atoms with Gasteiger partial charge in [-0.15, -0.1) is 0 Å². The van der Waals surface area contributed by atoms with Crippen LogP contribution in [-0.2, 0) is 12.8 Å². The van der Waals surface area contributed by atoms with Gasteiger partial charge in [0.25, 0.3) is 0 Å². The van der Waals surface area contributed by atoms with Gasteiger partial charge >= 0.3 is 0 Å². The van der Waals surface area contributed by atoms with Crippen molar-refractivity contribution in [3.63, 3.8) is 0 Å². The topological polar surface area (TPSA) is 24.1 Å².